The van der Waals surface area contributed by atoms with E-state index >= 15 is 0 Å². The van der Waals surface area contributed by atoms with Gasteiger partial charge in [-0.1, -0.05) is 27.2 Å². The summed E-state index contributed by atoms with van der Waals surface area (Å²) in [7, 11) is 0. The fraction of sp³-hybridized carbons (Fsp3) is 0.857. The molecule has 0 bridgehead atoms. The van der Waals surface area contributed by atoms with Gasteiger partial charge in [0, 0.05) is 0 Å². The van der Waals surface area contributed by atoms with Gasteiger partial charge in [0.15, 0.2) is 0 Å². The van der Waals surface area contributed by atoms with Crippen molar-refractivity contribution in [3.8, 4) is 6.26 Å². The second-order valence-electron chi connectivity index (χ2n) is 1.29. The smallest absolute Gasteiger partial charge is 0.286 e. The maximum absolute atomic E-state index is 7.82. The van der Waals surface area contributed by atoms with Crippen LogP contribution in [0.2, 0.25) is 0 Å². The first-order valence-corrected chi connectivity index (χ1v) is 3.42. The van der Waals surface area contributed by atoms with E-state index < -0.39 is 0 Å². The van der Waals surface area contributed by atoms with Crippen LogP contribution in [0.3, 0.4) is 0 Å². The first-order valence-electron chi connectivity index (χ1n) is 3.42. The predicted octanol–water partition coefficient (Wildman–Crippen LogP) is 2.31. The number of hydrogen-bond donors (Lipinski definition) is 0. The predicted molar refractivity (Wildman–Crippen MR) is 37.8 cm³/mol. The summed E-state index contributed by atoms with van der Waals surface area (Å²) >= 11 is 0. The highest BCUT2D eigenvalue weighted by Gasteiger charge is 1.78. The van der Waals surface area contributed by atoms with Crippen LogP contribution >= 0.6 is 0 Å². The summed E-state index contributed by atoms with van der Waals surface area (Å²) in [6, 6.07) is 0. The molecule has 0 aliphatic heterocycles. The summed E-state index contributed by atoms with van der Waals surface area (Å²) in [6.07, 6.45) is 3.67. The molecule has 54 valence electrons. The molecule has 0 spiro atoms. The number of unbranched alkanes of at least 4 members (excludes halogenated alkanes) is 1. The van der Waals surface area contributed by atoms with Crippen LogP contribution in [0.4, 0.5) is 0 Å². The summed E-state index contributed by atoms with van der Waals surface area (Å²) in [5.74, 6) is 0. The topological polar surface area (TPSA) is 33.0 Å². The van der Waals surface area contributed by atoms with Gasteiger partial charge in [-0.25, -0.2) is 0 Å². The minimum Gasteiger partial charge on any atom is -0.428 e. The van der Waals surface area contributed by atoms with Crippen molar-refractivity contribution in [3.05, 3.63) is 0 Å². The van der Waals surface area contributed by atoms with Gasteiger partial charge in [0.2, 0.25) is 0 Å². The lowest BCUT2D eigenvalue weighted by Crippen LogP contribution is -1.83. The monoisotopic (exact) mass is 129 g/mol. The Hall–Kier alpha value is -0.710. The van der Waals surface area contributed by atoms with Crippen LogP contribution in [0, 0.1) is 11.5 Å². The van der Waals surface area contributed by atoms with Crippen LogP contribution < -0.4 is 0 Å². The zero-order valence-corrected chi connectivity index (χ0v) is 6.48. The van der Waals surface area contributed by atoms with Crippen LogP contribution in [0.25, 0.3) is 0 Å². The van der Waals surface area contributed by atoms with Gasteiger partial charge in [-0.3, -0.25) is 0 Å². The third kappa shape index (κ3) is 18.8. The molecular formula is C7H15NO. The second kappa shape index (κ2) is 15.7. The Labute approximate surface area is 57.4 Å². The van der Waals surface area contributed by atoms with Crippen molar-refractivity contribution in [1.29, 1.82) is 5.26 Å². The molecule has 0 radical (unpaired) electrons. The van der Waals surface area contributed by atoms with E-state index in [-0.39, 0.29) is 0 Å². The normalized spacial score (nSPS) is 6.44. The van der Waals surface area contributed by atoms with Crippen LogP contribution in [-0.2, 0) is 4.74 Å². The number of ether oxygens (including phenoxy) is 1. The van der Waals surface area contributed by atoms with Gasteiger partial charge in [-0.05, 0) is 6.42 Å². The van der Waals surface area contributed by atoms with Crippen LogP contribution in [0.15, 0.2) is 0 Å². The Morgan fingerprint density at radius 2 is 2.00 bits per heavy atom. The van der Waals surface area contributed by atoms with Crippen LogP contribution in [0.1, 0.15) is 33.6 Å². The molecule has 0 unspecified atom stereocenters. The quantitative estimate of drug-likeness (QED) is 0.432. The average molecular weight is 129 g/mol. The Morgan fingerprint density at radius 1 is 1.44 bits per heavy atom. The molecule has 0 rings (SSSR count). The zero-order valence-electron chi connectivity index (χ0n) is 6.48. The van der Waals surface area contributed by atoms with Crippen molar-refractivity contribution in [1.82, 2.24) is 0 Å². The van der Waals surface area contributed by atoms with Gasteiger partial charge in [-0.15, -0.1) is 0 Å². The Morgan fingerprint density at radius 3 is 2.33 bits per heavy atom. The number of hydrogen-bond acceptors (Lipinski definition) is 2. The molecule has 2 nitrogen and oxygen atoms in total. The summed E-state index contributed by atoms with van der Waals surface area (Å²) in [4.78, 5) is 0. The van der Waals surface area contributed by atoms with Gasteiger partial charge >= 0.3 is 0 Å². The third-order valence-corrected chi connectivity index (χ3v) is 0.665. The minimum atomic E-state index is 0.576. The van der Waals surface area contributed by atoms with Crippen molar-refractivity contribution in [2.45, 2.75) is 33.6 Å². The van der Waals surface area contributed by atoms with Crippen LogP contribution in [0.5, 0.6) is 0 Å². The van der Waals surface area contributed by atoms with E-state index in [4.69, 9.17) is 5.26 Å². The minimum absolute atomic E-state index is 0.576. The standard InChI is InChI=1S/C5H9NO.C2H6/c1-2-3-4-7-5-6;1-2/h2-4H2,1H3;1-2H3. The van der Waals surface area contributed by atoms with Crippen molar-refractivity contribution in [3.63, 3.8) is 0 Å². The fourth-order valence-corrected chi connectivity index (χ4v) is 0.262. The van der Waals surface area contributed by atoms with E-state index in [0.717, 1.165) is 12.8 Å². The lowest BCUT2D eigenvalue weighted by molar-refractivity contribution is 0.264. The van der Waals surface area contributed by atoms with Crippen LogP contribution in [-0.4, -0.2) is 6.61 Å². The van der Waals surface area contributed by atoms with E-state index in [0.29, 0.717) is 6.61 Å². The maximum atomic E-state index is 7.82. The lowest BCUT2D eigenvalue weighted by Gasteiger charge is -1.88. The second-order valence-corrected chi connectivity index (χ2v) is 1.29. The zero-order chi connectivity index (χ0) is 7.54. The first-order chi connectivity index (χ1) is 4.41. The SMILES string of the molecule is CC.CCCCOC#N. The highest BCUT2D eigenvalue weighted by molar-refractivity contribution is 4.46. The molecular weight excluding hydrogens is 114 g/mol. The Balaban J connectivity index is 0. The molecule has 9 heavy (non-hydrogen) atoms. The largest absolute Gasteiger partial charge is 0.428 e. The summed E-state index contributed by atoms with van der Waals surface area (Å²) in [6.45, 7) is 6.63. The Kier molecular flexibility index (Phi) is 19.4. The van der Waals surface area contributed by atoms with E-state index in [1.54, 1.807) is 6.26 Å². The molecule has 0 N–H and O–H groups in total. The van der Waals surface area contributed by atoms with E-state index in [2.05, 4.69) is 11.7 Å². The van der Waals surface area contributed by atoms with Crippen molar-refractivity contribution in [2.24, 2.45) is 0 Å². The third-order valence-electron chi connectivity index (χ3n) is 0.665. The summed E-state index contributed by atoms with van der Waals surface area (Å²) in [5, 5.41) is 7.82. The van der Waals surface area contributed by atoms with Gasteiger partial charge in [0.05, 0.1) is 0 Å². The molecule has 0 aliphatic rings. The van der Waals surface area contributed by atoms with E-state index in [9.17, 15) is 0 Å². The Bertz CT molecular complexity index is 65.8. The average Bonchev–Trinajstić information content (AvgIpc) is 1.94. The molecule has 0 atom stereocenters. The van der Waals surface area contributed by atoms with Gasteiger partial charge < -0.3 is 4.74 Å². The van der Waals surface area contributed by atoms with Gasteiger partial charge in [-0.2, -0.15) is 5.26 Å². The molecule has 0 saturated carbocycles. The molecule has 0 aromatic rings. The maximum Gasteiger partial charge on any atom is 0.286 e. The number of nitrogens with zero attached hydrogens (tertiary/aromatic N) is 1. The molecule has 0 amide bonds. The molecule has 0 aromatic carbocycles. The van der Waals surface area contributed by atoms with Crippen molar-refractivity contribution >= 4 is 0 Å². The molecule has 0 heterocycles. The highest BCUT2D eigenvalue weighted by atomic mass is 16.5. The van der Waals surface area contributed by atoms with Gasteiger partial charge in [0.25, 0.3) is 6.26 Å². The van der Waals surface area contributed by atoms with Gasteiger partial charge in [0.1, 0.15) is 6.61 Å². The van der Waals surface area contributed by atoms with Crippen molar-refractivity contribution in [2.75, 3.05) is 6.61 Å². The first kappa shape index (κ1) is 11.1. The highest BCUT2D eigenvalue weighted by Crippen LogP contribution is 1.84. The van der Waals surface area contributed by atoms with E-state index in [1.165, 1.54) is 0 Å². The summed E-state index contributed by atoms with van der Waals surface area (Å²) < 4.78 is 4.38. The van der Waals surface area contributed by atoms with Crippen molar-refractivity contribution < 1.29 is 4.74 Å². The number of rotatable bonds is 3. The molecule has 0 aliphatic carbocycles. The molecule has 0 aromatic heterocycles. The summed E-state index contributed by atoms with van der Waals surface area (Å²) in [5.41, 5.74) is 0. The number of nitriles is 1. The lowest BCUT2D eigenvalue weighted by atomic mass is 10.4. The molecule has 2 heteroatoms. The molecule has 0 saturated heterocycles. The molecule has 0 fully saturated rings. The van der Waals surface area contributed by atoms with E-state index in [1.807, 2.05) is 13.8 Å². The fourth-order valence-electron chi connectivity index (χ4n) is 0.262.